The number of carbonyl (C=O) groups is 1. The number of methoxy groups -OCH3 is 1. The lowest BCUT2D eigenvalue weighted by molar-refractivity contribution is 0.0905. The van der Waals surface area contributed by atoms with E-state index < -0.39 is 0 Å². The summed E-state index contributed by atoms with van der Waals surface area (Å²) in [5.41, 5.74) is 0.622. The van der Waals surface area contributed by atoms with E-state index in [9.17, 15) is 4.79 Å². The summed E-state index contributed by atoms with van der Waals surface area (Å²) in [4.78, 5) is 11.8. The van der Waals surface area contributed by atoms with Gasteiger partial charge in [0, 0.05) is 18.7 Å². The maximum absolute atomic E-state index is 11.8. The first-order valence-electron chi connectivity index (χ1n) is 5.70. The molecule has 17 heavy (non-hydrogen) atoms. The molecule has 4 nitrogen and oxygen atoms in total. The SMILES string of the molecule is CCOc1ccc(C(=O)N[C@H](C)COC)cc1. The highest BCUT2D eigenvalue weighted by atomic mass is 16.5. The largest absolute Gasteiger partial charge is 0.494 e. The number of carbonyl (C=O) groups excluding carboxylic acids is 1. The second-order valence-corrected chi connectivity index (χ2v) is 3.79. The molecule has 0 saturated carbocycles. The molecule has 0 aliphatic carbocycles. The number of hydrogen-bond acceptors (Lipinski definition) is 3. The zero-order valence-corrected chi connectivity index (χ0v) is 10.5. The minimum Gasteiger partial charge on any atom is -0.494 e. The van der Waals surface area contributed by atoms with Crippen LogP contribution in [0.3, 0.4) is 0 Å². The van der Waals surface area contributed by atoms with Crippen molar-refractivity contribution in [2.45, 2.75) is 19.9 Å². The summed E-state index contributed by atoms with van der Waals surface area (Å²) in [6, 6.07) is 7.08. The molecule has 0 saturated heterocycles. The van der Waals surface area contributed by atoms with Crippen LogP contribution in [0.2, 0.25) is 0 Å². The Morgan fingerprint density at radius 3 is 2.53 bits per heavy atom. The summed E-state index contributed by atoms with van der Waals surface area (Å²) in [5.74, 6) is 0.673. The van der Waals surface area contributed by atoms with Gasteiger partial charge in [0.2, 0.25) is 0 Å². The first-order chi connectivity index (χ1) is 8.17. The Morgan fingerprint density at radius 2 is 2.00 bits per heavy atom. The van der Waals surface area contributed by atoms with Gasteiger partial charge in [-0.1, -0.05) is 0 Å². The molecule has 1 rings (SSSR count). The Labute approximate surface area is 102 Å². The van der Waals surface area contributed by atoms with E-state index in [2.05, 4.69) is 5.32 Å². The number of ether oxygens (including phenoxy) is 2. The Bertz CT molecular complexity index is 348. The third-order valence-corrected chi connectivity index (χ3v) is 2.22. The van der Waals surface area contributed by atoms with Crippen molar-refractivity contribution < 1.29 is 14.3 Å². The van der Waals surface area contributed by atoms with E-state index in [0.29, 0.717) is 18.8 Å². The van der Waals surface area contributed by atoms with Crippen LogP contribution in [0.25, 0.3) is 0 Å². The van der Waals surface area contributed by atoms with E-state index in [1.807, 2.05) is 13.8 Å². The molecule has 1 N–H and O–H groups in total. The molecule has 1 aromatic rings. The summed E-state index contributed by atoms with van der Waals surface area (Å²) in [6.07, 6.45) is 0. The van der Waals surface area contributed by atoms with Crippen LogP contribution < -0.4 is 10.1 Å². The van der Waals surface area contributed by atoms with Crippen molar-refractivity contribution >= 4 is 5.91 Å². The van der Waals surface area contributed by atoms with Crippen LogP contribution in [0, 0.1) is 0 Å². The van der Waals surface area contributed by atoms with Crippen LogP contribution in [0.4, 0.5) is 0 Å². The van der Waals surface area contributed by atoms with E-state index in [-0.39, 0.29) is 11.9 Å². The number of nitrogens with one attached hydrogen (secondary N) is 1. The van der Waals surface area contributed by atoms with Gasteiger partial charge in [-0.3, -0.25) is 4.79 Å². The van der Waals surface area contributed by atoms with Gasteiger partial charge in [0.25, 0.3) is 5.91 Å². The van der Waals surface area contributed by atoms with Crippen LogP contribution in [-0.2, 0) is 4.74 Å². The van der Waals surface area contributed by atoms with Gasteiger partial charge >= 0.3 is 0 Å². The van der Waals surface area contributed by atoms with Gasteiger partial charge < -0.3 is 14.8 Å². The third-order valence-electron chi connectivity index (χ3n) is 2.22. The van der Waals surface area contributed by atoms with E-state index >= 15 is 0 Å². The quantitative estimate of drug-likeness (QED) is 0.821. The molecule has 0 unspecified atom stereocenters. The second kappa shape index (κ2) is 6.91. The normalized spacial score (nSPS) is 11.9. The molecular formula is C13H19NO3. The molecule has 94 valence electrons. The topological polar surface area (TPSA) is 47.6 Å². The predicted molar refractivity (Wildman–Crippen MR) is 66.4 cm³/mol. The summed E-state index contributed by atoms with van der Waals surface area (Å²) in [6.45, 7) is 4.95. The first kappa shape index (κ1) is 13.5. The van der Waals surface area contributed by atoms with E-state index in [1.54, 1.807) is 31.4 Å². The summed E-state index contributed by atoms with van der Waals surface area (Å²) >= 11 is 0. The molecular weight excluding hydrogens is 218 g/mol. The molecule has 0 spiro atoms. The van der Waals surface area contributed by atoms with Gasteiger partial charge in [0.15, 0.2) is 0 Å². The Morgan fingerprint density at radius 1 is 1.35 bits per heavy atom. The summed E-state index contributed by atoms with van der Waals surface area (Å²) in [7, 11) is 1.61. The van der Waals surface area contributed by atoms with Crippen LogP contribution >= 0.6 is 0 Å². The van der Waals surface area contributed by atoms with Crippen molar-refractivity contribution in [3.8, 4) is 5.75 Å². The molecule has 1 amide bonds. The second-order valence-electron chi connectivity index (χ2n) is 3.79. The van der Waals surface area contributed by atoms with Crippen molar-refractivity contribution in [1.82, 2.24) is 5.32 Å². The number of rotatable bonds is 6. The molecule has 0 radical (unpaired) electrons. The van der Waals surface area contributed by atoms with Crippen molar-refractivity contribution in [3.05, 3.63) is 29.8 Å². The number of hydrogen-bond donors (Lipinski definition) is 1. The van der Waals surface area contributed by atoms with E-state index in [0.717, 1.165) is 5.75 Å². The lowest BCUT2D eigenvalue weighted by Crippen LogP contribution is -2.35. The van der Waals surface area contributed by atoms with Crippen molar-refractivity contribution in [1.29, 1.82) is 0 Å². The van der Waals surface area contributed by atoms with Gasteiger partial charge in [-0.2, -0.15) is 0 Å². The van der Waals surface area contributed by atoms with Crippen LogP contribution in [0.15, 0.2) is 24.3 Å². The third kappa shape index (κ3) is 4.44. The fourth-order valence-electron chi connectivity index (χ4n) is 1.47. The fraction of sp³-hybridized carbons (Fsp3) is 0.462. The molecule has 0 fully saturated rings. The first-order valence-corrected chi connectivity index (χ1v) is 5.70. The van der Waals surface area contributed by atoms with Gasteiger partial charge in [-0.25, -0.2) is 0 Å². The smallest absolute Gasteiger partial charge is 0.251 e. The summed E-state index contributed by atoms with van der Waals surface area (Å²) in [5, 5.41) is 2.84. The number of amides is 1. The van der Waals surface area contributed by atoms with Gasteiger partial charge in [0.05, 0.1) is 13.2 Å². The van der Waals surface area contributed by atoms with Crippen molar-refractivity contribution in [3.63, 3.8) is 0 Å². The maximum atomic E-state index is 11.8. The summed E-state index contributed by atoms with van der Waals surface area (Å²) < 4.78 is 10.3. The molecule has 1 atom stereocenters. The van der Waals surface area contributed by atoms with Crippen molar-refractivity contribution in [2.75, 3.05) is 20.3 Å². The van der Waals surface area contributed by atoms with Crippen LogP contribution in [0.5, 0.6) is 5.75 Å². The molecule has 0 aliphatic rings. The lowest BCUT2D eigenvalue weighted by atomic mass is 10.2. The van der Waals surface area contributed by atoms with Crippen LogP contribution in [-0.4, -0.2) is 32.3 Å². The molecule has 0 aliphatic heterocycles. The monoisotopic (exact) mass is 237 g/mol. The molecule has 1 aromatic carbocycles. The van der Waals surface area contributed by atoms with Gasteiger partial charge in [-0.15, -0.1) is 0 Å². The Balaban J connectivity index is 2.57. The van der Waals surface area contributed by atoms with E-state index in [1.165, 1.54) is 0 Å². The standard InChI is InChI=1S/C13H19NO3/c1-4-17-12-7-5-11(6-8-12)13(15)14-10(2)9-16-3/h5-8,10H,4,9H2,1-3H3,(H,14,15)/t10-/m1/s1. The predicted octanol–water partition coefficient (Wildman–Crippen LogP) is 1.85. The average molecular weight is 237 g/mol. The Hall–Kier alpha value is -1.55. The van der Waals surface area contributed by atoms with Gasteiger partial charge in [0.1, 0.15) is 5.75 Å². The fourth-order valence-corrected chi connectivity index (χ4v) is 1.47. The average Bonchev–Trinajstić information content (AvgIpc) is 2.30. The molecule has 4 heteroatoms. The lowest BCUT2D eigenvalue weighted by Gasteiger charge is -2.12. The van der Waals surface area contributed by atoms with E-state index in [4.69, 9.17) is 9.47 Å². The minimum atomic E-state index is -0.0994. The zero-order chi connectivity index (χ0) is 12.7. The van der Waals surface area contributed by atoms with Gasteiger partial charge in [-0.05, 0) is 38.1 Å². The highest BCUT2D eigenvalue weighted by Gasteiger charge is 2.09. The van der Waals surface area contributed by atoms with Crippen LogP contribution in [0.1, 0.15) is 24.2 Å². The zero-order valence-electron chi connectivity index (χ0n) is 10.5. The Kier molecular flexibility index (Phi) is 5.49. The molecule has 0 bridgehead atoms. The number of benzene rings is 1. The minimum absolute atomic E-state index is 0.000863. The molecule has 0 heterocycles. The maximum Gasteiger partial charge on any atom is 0.251 e. The molecule has 0 aromatic heterocycles. The highest BCUT2D eigenvalue weighted by molar-refractivity contribution is 5.94. The highest BCUT2D eigenvalue weighted by Crippen LogP contribution is 2.12. The van der Waals surface area contributed by atoms with Crippen molar-refractivity contribution in [2.24, 2.45) is 0 Å².